The van der Waals surface area contributed by atoms with Gasteiger partial charge < -0.3 is 19.2 Å². The summed E-state index contributed by atoms with van der Waals surface area (Å²) in [4.78, 5) is 12.4. The Morgan fingerprint density at radius 1 is 1.16 bits per heavy atom. The number of carbonyl (C=O) groups excluding carboxylic acids is 1. The van der Waals surface area contributed by atoms with Crippen molar-refractivity contribution in [2.75, 3.05) is 20.8 Å². The van der Waals surface area contributed by atoms with E-state index in [0.29, 0.717) is 18.2 Å². The molecule has 0 fully saturated rings. The van der Waals surface area contributed by atoms with Crippen LogP contribution in [0, 0.1) is 12.8 Å². The molecular formula is C26H31NO4. The van der Waals surface area contributed by atoms with Gasteiger partial charge in [-0.05, 0) is 55.5 Å². The maximum Gasteiger partial charge on any atom is 0.244 e. The highest BCUT2D eigenvalue weighted by Gasteiger charge is 2.19. The molecule has 0 atom stereocenters. The van der Waals surface area contributed by atoms with E-state index in [-0.39, 0.29) is 5.91 Å². The van der Waals surface area contributed by atoms with E-state index in [2.05, 4.69) is 19.2 Å². The number of ether oxygens (including phenoxy) is 2. The maximum absolute atomic E-state index is 12.4. The molecule has 1 N–H and O–H groups in total. The number of amides is 1. The smallest absolute Gasteiger partial charge is 0.244 e. The molecule has 0 unspecified atom stereocenters. The number of hydrogen-bond acceptors (Lipinski definition) is 4. The summed E-state index contributed by atoms with van der Waals surface area (Å²) in [5, 5.41) is 3.94. The monoisotopic (exact) mass is 421 g/mol. The normalized spacial score (nSPS) is 11.8. The third kappa shape index (κ3) is 4.93. The number of methoxy groups -OCH3 is 2. The van der Waals surface area contributed by atoms with Gasteiger partial charge in [-0.3, -0.25) is 4.79 Å². The van der Waals surface area contributed by atoms with E-state index in [0.717, 1.165) is 51.0 Å². The molecule has 1 amide bonds. The number of furan rings is 1. The van der Waals surface area contributed by atoms with Gasteiger partial charge in [-0.1, -0.05) is 26.0 Å². The average Bonchev–Trinajstić information content (AvgIpc) is 3.17. The molecule has 0 spiro atoms. The minimum atomic E-state index is -0.0967. The summed E-state index contributed by atoms with van der Waals surface area (Å²) in [6.45, 7) is 8.85. The van der Waals surface area contributed by atoms with E-state index >= 15 is 0 Å². The van der Waals surface area contributed by atoms with Crippen molar-refractivity contribution in [3.63, 3.8) is 0 Å². The lowest BCUT2D eigenvalue weighted by atomic mass is 9.96. The highest BCUT2D eigenvalue weighted by atomic mass is 16.5. The number of allylic oxidation sites excluding steroid dienone is 1. The maximum atomic E-state index is 12.4. The van der Waals surface area contributed by atoms with Crippen LogP contribution in [0.1, 0.15) is 38.3 Å². The molecule has 3 aromatic rings. The molecule has 0 aliphatic rings. The molecule has 0 saturated carbocycles. The van der Waals surface area contributed by atoms with Crippen LogP contribution in [0.15, 0.2) is 47.1 Å². The van der Waals surface area contributed by atoms with Crippen molar-refractivity contribution < 1.29 is 18.7 Å². The van der Waals surface area contributed by atoms with Crippen LogP contribution in [0.2, 0.25) is 0 Å². The molecule has 0 aliphatic heterocycles. The second kappa shape index (κ2) is 9.73. The number of carbonyl (C=O) groups is 1. The van der Waals surface area contributed by atoms with Gasteiger partial charge in [0.15, 0.2) is 0 Å². The number of hydrogen-bond donors (Lipinski definition) is 1. The van der Waals surface area contributed by atoms with Crippen LogP contribution < -0.4 is 14.8 Å². The van der Waals surface area contributed by atoms with E-state index in [1.54, 1.807) is 26.6 Å². The first-order chi connectivity index (χ1) is 14.8. The first kappa shape index (κ1) is 22.5. The third-order valence-corrected chi connectivity index (χ3v) is 5.44. The molecule has 0 aliphatic carbocycles. The van der Waals surface area contributed by atoms with Crippen molar-refractivity contribution in [1.82, 2.24) is 5.32 Å². The van der Waals surface area contributed by atoms with Gasteiger partial charge in [0.2, 0.25) is 5.91 Å². The molecule has 1 aromatic heterocycles. The first-order valence-corrected chi connectivity index (χ1v) is 10.5. The zero-order chi connectivity index (χ0) is 22.5. The first-order valence-electron chi connectivity index (χ1n) is 10.5. The van der Waals surface area contributed by atoms with E-state index in [1.807, 2.05) is 44.2 Å². The van der Waals surface area contributed by atoms with Gasteiger partial charge in [0.1, 0.15) is 17.1 Å². The lowest BCUT2D eigenvalue weighted by molar-refractivity contribution is -0.116. The van der Waals surface area contributed by atoms with Crippen molar-refractivity contribution >= 4 is 22.4 Å². The standard InChI is InChI=1S/C26H31NO4/c1-16(2)11-12-27-24(28)13-17(3)21-14-22-23(19-7-9-20(29-5)10-8-19)15-31-26(22)18(4)25(21)30-6/h7-10,13-16H,11-12H2,1-6H3,(H,27,28)/b17-13+. The summed E-state index contributed by atoms with van der Waals surface area (Å²) >= 11 is 0. The number of benzene rings is 2. The van der Waals surface area contributed by atoms with Gasteiger partial charge in [0.25, 0.3) is 0 Å². The summed E-state index contributed by atoms with van der Waals surface area (Å²) in [7, 11) is 3.29. The molecule has 2 aromatic carbocycles. The Kier molecular flexibility index (Phi) is 7.06. The molecule has 5 nitrogen and oxygen atoms in total. The Bertz CT molecular complexity index is 1090. The van der Waals surface area contributed by atoms with Crippen LogP contribution in [0.5, 0.6) is 11.5 Å². The molecular weight excluding hydrogens is 390 g/mol. The Labute approximate surface area is 184 Å². The molecule has 0 bridgehead atoms. The lowest BCUT2D eigenvalue weighted by Gasteiger charge is -2.13. The highest BCUT2D eigenvalue weighted by molar-refractivity contribution is 6.01. The number of aryl methyl sites for hydroxylation is 1. The molecule has 0 radical (unpaired) electrons. The fraction of sp³-hybridized carbons (Fsp3) is 0.346. The molecule has 3 rings (SSSR count). The van der Waals surface area contributed by atoms with Crippen molar-refractivity contribution in [3.8, 4) is 22.6 Å². The summed E-state index contributed by atoms with van der Waals surface area (Å²) in [6.07, 6.45) is 4.35. The minimum absolute atomic E-state index is 0.0967. The van der Waals surface area contributed by atoms with E-state index < -0.39 is 0 Å². The van der Waals surface area contributed by atoms with Crippen LogP contribution in [0.25, 0.3) is 27.7 Å². The van der Waals surface area contributed by atoms with Gasteiger partial charge in [-0.25, -0.2) is 0 Å². The van der Waals surface area contributed by atoms with E-state index in [9.17, 15) is 4.79 Å². The molecule has 0 saturated heterocycles. The van der Waals surface area contributed by atoms with Crippen LogP contribution in [-0.4, -0.2) is 26.7 Å². The third-order valence-electron chi connectivity index (χ3n) is 5.44. The zero-order valence-corrected chi connectivity index (χ0v) is 19.2. The topological polar surface area (TPSA) is 60.7 Å². The van der Waals surface area contributed by atoms with Crippen molar-refractivity contribution in [2.45, 2.75) is 34.1 Å². The minimum Gasteiger partial charge on any atom is -0.497 e. The van der Waals surface area contributed by atoms with Crippen molar-refractivity contribution in [1.29, 1.82) is 0 Å². The van der Waals surface area contributed by atoms with Crippen LogP contribution in [-0.2, 0) is 4.79 Å². The predicted molar refractivity (Wildman–Crippen MR) is 126 cm³/mol. The fourth-order valence-corrected chi connectivity index (χ4v) is 3.68. The Morgan fingerprint density at radius 2 is 1.87 bits per heavy atom. The average molecular weight is 422 g/mol. The second-order valence-electron chi connectivity index (χ2n) is 8.14. The summed E-state index contributed by atoms with van der Waals surface area (Å²) < 4.78 is 16.9. The zero-order valence-electron chi connectivity index (χ0n) is 19.2. The van der Waals surface area contributed by atoms with Gasteiger partial charge in [0, 0.05) is 34.7 Å². The van der Waals surface area contributed by atoms with Gasteiger partial charge in [-0.15, -0.1) is 0 Å². The Balaban J connectivity index is 2.02. The fourth-order valence-electron chi connectivity index (χ4n) is 3.68. The van der Waals surface area contributed by atoms with Crippen molar-refractivity contribution in [3.05, 3.63) is 53.8 Å². The molecule has 164 valence electrons. The number of nitrogens with one attached hydrogen (secondary N) is 1. The van der Waals surface area contributed by atoms with E-state index in [1.165, 1.54) is 0 Å². The van der Waals surface area contributed by atoms with Crippen LogP contribution in [0.4, 0.5) is 0 Å². The van der Waals surface area contributed by atoms with Gasteiger partial charge >= 0.3 is 0 Å². The predicted octanol–water partition coefficient (Wildman–Crippen LogP) is 5.99. The van der Waals surface area contributed by atoms with E-state index in [4.69, 9.17) is 13.9 Å². The molecule has 1 heterocycles. The molecule has 31 heavy (non-hydrogen) atoms. The second-order valence-corrected chi connectivity index (χ2v) is 8.14. The quantitative estimate of drug-likeness (QED) is 0.454. The largest absolute Gasteiger partial charge is 0.497 e. The summed E-state index contributed by atoms with van der Waals surface area (Å²) in [5.74, 6) is 1.97. The number of rotatable bonds is 8. The van der Waals surface area contributed by atoms with Crippen molar-refractivity contribution in [2.24, 2.45) is 5.92 Å². The Morgan fingerprint density at radius 3 is 2.48 bits per heavy atom. The molecule has 5 heteroatoms. The Hall–Kier alpha value is -3.21. The number of fused-ring (bicyclic) bond motifs is 1. The van der Waals surface area contributed by atoms with Crippen LogP contribution in [0.3, 0.4) is 0 Å². The summed E-state index contributed by atoms with van der Waals surface area (Å²) in [5.41, 5.74) is 5.42. The van der Waals surface area contributed by atoms with Crippen LogP contribution >= 0.6 is 0 Å². The van der Waals surface area contributed by atoms with Gasteiger partial charge in [-0.2, -0.15) is 0 Å². The SMILES string of the molecule is COc1ccc(-c2coc3c(C)c(OC)c(/C(C)=C/C(=O)NCCC(C)C)cc23)cc1. The highest BCUT2D eigenvalue weighted by Crippen LogP contribution is 2.40. The van der Waals surface area contributed by atoms with Gasteiger partial charge in [0.05, 0.1) is 20.5 Å². The lowest BCUT2D eigenvalue weighted by Crippen LogP contribution is -2.23. The summed E-state index contributed by atoms with van der Waals surface area (Å²) in [6, 6.07) is 9.91.